The summed E-state index contributed by atoms with van der Waals surface area (Å²) < 4.78 is 26.9. The number of benzene rings is 1. The quantitative estimate of drug-likeness (QED) is 0.757. The number of sulfonamides is 1. The van der Waals surface area contributed by atoms with Crippen molar-refractivity contribution in [3.8, 4) is 0 Å². The number of carbonyl (C=O) groups is 1. The fraction of sp³-hybridized carbons (Fsp3) is 0.364. The number of nitrogens with zero attached hydrogens (tertiary/aromatic N) is 2. The molecule has 0 spiro atoms. The SMILES string of the molecule is CN(C)C(=O)CN(C)S(=O)(=O)c1ccc(Br)cc1Br. The Morgan fingerprint density at radius 3 is 2.26 bits per heavy atom. The number of amides is 1. The minimum Gasteiger partial charge on any atom is -0.348 e. The maximum Gasteiger partial charge on any atom is 0.244 e. The zero-order valence-electron chi connectivity index (χ0n) is 10.7. The summed E-state index contributed by atoms with van der Waals surface area (Å²) in [5.74, 6) is -0.278. The average molecular weight is 414 g/mol. The van der Waals surface area contributed by atoms with E-state index >= 15 is 0 Å². The van der Waals surface area contributed by atoms with E-state index in [1.807, 2.05) is 0 Å². The van der Waals surface area contributed by atoms with Gasteiger partial charge in [0, 0.05) is 30.1 Å². The van der Waals surface area contributed by atoms with E-state index in [9.17, 15) is 13.2 Å². The van der Waals surface area contributed by atoms with Crippen LogP contribution in [-0.2, 0) is 14.8 Å². The molecule has 1 rings (SSSR count). The maximum absolute atomic E-state index is 12.3. The van der Waals surface area contributed by atoms with E-state index in [4.69, 9.17) is 0 Å². The predicted octanol–water partition coefficient (Wildman–Crippen LogP) is 1.92. The minimum atomic E-state index is -3.70. The molecule has 0 radical (unpaired) electrons. The van der Waals surface area contributed by atoms with Crippen LogP contribution in [0.5, 0.6) is 0 Å². The van der Waals surface area contributed by atoms with Gasteiger partial charge in [0.2, 0.25) is 15.9 Å². The fourth-order valence-corrected chi connectivity index (χ4v) is 4.09. The van der Waals surface area contributed by atoms with Crippen molar-refractivity contribution in [3.05, 3.63) is 27.1 Å². The molecule has 1 amide bonds. The molecule has 5 nitrogen and oxygen atoms in total. The Bertz CT molecular complexity index is 588. The first kappa shape index (κ1) is 16.6. The smallest absolute Gasteiger partial charge is 0.244 e. The zero-order chi connectivity index (χ0) is 14.8. The van der Waals surface area contributed by atoms with Gasteiger partial charge in [0.1, 0.15) is 0 Å². The highest BCUT2D eigenvalue weighted by molar-refractivity contribution is 9.11. The van der Waals surface area contributed by atoms with Gasteiger partial charge in [-0.2, -0.15) is 4.31 Å². The van der Waals surface area contributed by atoms with Crippen LogP contribution in [0.4, 0.5) is 0 Å². The van der Waals surface area contributed by atoms with Crippen molar-refractivity contribution in [1.82, 2.24) is 9.21 Å². The zero-order valence-corrected chi connectivity index (χ0v) is 14.7. The molecule has 106 valence electrons. The lowest BCUT2D eigenvalue weighted by Gasteiger charge is -2.19. The van der Waals surface area contributed by atoms with E-state index in [0.717, 1.165) is 8.78 Å². The summed E-state index contributed by atoms with van der Waals surface area (Å²) in [4.78, 5) is 13.1. The van der Waals surface area contributed by atoms with Crippen molar-refractivity contribution in [2.75, 3.05) is 27.7 Å². The summed E-state index contributed by atoms with van der Waals surface area (Å²) in [6.45, 7) is -0.197. The predicted molar refractivity (Wildman–Crippen MR) is 80.4 cm³/mol. The molecule has 0 aliphatic carbocycles. The molecule has 1 aromatic carbocycles. The lowest BCUT2D eigenvalue weighted by Crippen LogP contribution is -2.37. The monoisotopic (exact) mass is 412 g/mol. The molecule has 0 aliphatic heterocycles. The Balaban J connectivity index is 3.07. The van der Waals surface area contributed by atoms with Crippen molar-refractivity contribution in [3.63, 3.8) is 0 Å². The molecule has 19 heavy (non-hydrogen) atoms. The molecule has 0 heterocycles. The Hall–Kier alpha value is -0.440. The van der Waals surface area contributed by atoms with Crippen LogP contribution in [0.15, 0.2) is 32.0 Å². The molecule has 8 heteroatoms. The molecule has 0 saturated carbocycles. The Kier molecular flexibility index (Phi) is 5.54. The molecule has 0 aliphatic rings. The molecule has 0 bridgehead atoms. The molecule has 0 fully saturated rings. The van der Waals surface area contributed by atoms with Crippen molar-refractivity contribution < 1.29 is 13.2 Å². The first-order chi connectivity index (χ1) is 8.66. The number of hydrogen-bond donors (Lipinski definition) is 0. The van der Waals surface area contributed by atoms with Gasteiger partial charge in [-0.05, 0) is 34.1 Å². The van der Waals surface area contributed by atoms with E-state index < -0.39 is 10.0 Å². The third-order valence-corrected chi connectivity index (χ3v) is 5.71. The summed E-state index contributed by atoms with van der Waals surface area (Å²) in [6.07, 6.45) is 0. The highest BCUT2D eigenvalue weighted by atomic mass is 79.9. The first-order valence-electron chi connectivity index (χ1n) is 5.28. The molecule has 1 aromatic rings. The Morgan fingerprint density at radius 2 is 1.79 bits per heavy atom. The van der Waals surface area contributed by atoms with Gasteiger partial charge in [0.15, 0.2) is 0 Å². The number of rotatable bonds is 4. The van der Waals surface area contributed by atoms with Gasteiger partial charge in [-0.3, -0.25) is 4.79 Å². The third-order valence-electron chi connectivity index (χ3n) is 2.44. The van der Waals surface area contributed by atoms with Crippen LogP contribution >= 0.6 is 31.9 Å². The van der Waals surface area contributed by atoms with Crippen molar-refractivity contribution in [1.29, 1.82) is 0 Å². The number of halogens is 2. The summed E-state index contributed by atoms with van der Waals surface area (Å²) in [6, 6.07) is 4.77. The number of carbonyl (C=O) groups excluding carboxylic acids is 1. The summed E-state index contributed by atoms with van der Waals surface area (Å²) in [5, 5.41) is 0. The molecular formula is C11H14Br2N2O3S. The van der Waals surface area contributed by atoms with Gasteiger partial charge < -0.3 is 4.90 Å². The van der Waals surface area contributed by atoms with Crippen LogP contribution in [0, 0.1) is 0 Å². The van der Waals surface area contributed by atoms with E-state index in [2.05, 4.69) is 31.9 Å². The average Bonchev–Trinajstić information content (AvgIpc) is 2.27. The fourth-order valence-electron chi connectivity index (χ4n) is 1.27. The van der Waals surface area contributed by atoms with Crippen LogP contribution in [0.1, 0.15) is 0 Å². The van der Waals surface area contributed by atoms with Crippen LogP contribution in [0.25, 0.3) is 0 Å². The van der Waals surface area contributed by atoms with Crippen molar-refractivity contribution in [2.45, 2.75) is 4.90 Å². The summed E-state index contributed by atoms with van der Waals surface area (Å²) in [7, 11) is 0.847. The normalized spacial score (nSPS) is 11.7. The molecule has 0 atom stereocenters. The Morgan fingerprint density at radius 1 is 1.21 bits per heavy atom. The molecule has 0 aromatic heterocycles. The Labute approximate surface area is 129 Å². The third kappa shape index (κ3) is 4.01. The van der Waals surface area contributed by atoms with Gasteiger partial charge in [-0.15, -0.1) is 0 Å². The van der Waals surface area contributed by atoms with E-state index in [-0.39, 0.29) is 17.3 Å². The van der Waals surface area contributed by atoms with E-state index in [1.54, 1.807) is 26.2 Å². The van der Waals surface area contributed by atoms with E-state index in [0.29, 0.717) is 4.47 Å². The largest absolute Gasteiger partial charge is 0.348 e. The van der Waals surface area contributed by atoms with Gasteiger partial charge >= 0.3 is 0 Å². The highest BCUT2D eigenvalue weighted by Crippen LogP contribution is 2.27. The second kappa shape index (κ2) is 6.34. The second-order valence-electron chi connectivity index (χ2n) is 4.12. The number of hydrogen-bond acceptors (Lipinski definition) is 3. The van der Waals surface area contributed by atoms with Gasteiger partial charge in [0.05, 0.1) is 11.4 Å². The van der Waals surface area contributed by atoms with Crippen LogP contribution < -0.4 is 0 Å². The maximum atomic E-state index is 12.3. The highest BCUT2D eigenvalue weighted by Gasteiger charge is 2.25. The molecule has 0 saturated heterocycles. The van der Waals surface area contributed by atoms with Gasteiger partial charge in [0.25, 0.3) is 0 Å². The number of likely N-dealkylation sites (N-methyl/N-ethyl adjacent to an activating group) is 2. The minimum absolute atomic E-state index is 0.129. The van der Waals surface area contributed by atoms with Crippen LogP contribution in [0.2, 0.25) is 0 Å². The second-order valence-corrected chi connectivity index (χ2v) is 7.91. The summed E-state index contributed by atoms with van der Waals surface area (Å²) >= 11 is 6.48. The van der Waals surface area contributed by atoms with Crippen molar-refractivity contribution >= 4 is 47.8 Å². The van der Waals surface area contributed by atoms with E-state index in [1.165, 1.54) is 18.0 Å². The molecular weight excluding hydrogens is 400 g/mol. The van der Waals surface area contributed by atoms with Gasteiger partial charge in [-0.1, -0.05) is 15.9 Å². The van der Waals surface area contributed by atoms with Crippen molar-refractivity contribution in [2.24, 2.45) is 0 Å². The van der Waals surface area contributed by atoms with Crippen LogP contribution in [0.3, 0.4) is 0 Å². The van der Waals surface area contributed by atoms with Crippen LogP contribution in [-0.4, -0.2) is 51.2 Å². The summed E-state index contributed by atoms with van der Waals surface area (Å²) in [5.41, 5.74) is 0. The lowest BCUT2D eigenvalue weighted by atomic mass is 10.4. The standard InChI is InChI=1S/C11H14Br2N2O3S/c1-14(2)11(16)7-15(3)19(17,18)10-5-4-8(12)6-9(10)13/h4-6H,7H2,1-3H3. The topological polar surface area (TPSA) is 57.7 Å². The van der Waals surface area contributed by atoms with Gasteiger partial charge in [-0.25, -0.2) is 8.42 Å². The molecule has 0 unspecified atom stereocenters. The lowest BCUT2D eigenvalue weighted by molar-refractivity contribution is -0.128. The first-order valence-corrected chi connectivity index (χ1v) is 8.30. The molecule has 0 N–H and O–H groups in total.